The standard InChI is InChI=1S/C14H12BrClN2O2/c1-7-5-9(6-8(2)12(7)15)17-13-10(14(19)20)3-4-11(16)18-13/h3-6H,1-2H3,(H,17,18)(H,19,20). The fourth-order valence-electron chi connectivity index (χ4n) is 1.86. The van der Waals surface area contributed by atoms with Crippen LogP contribution in [-0.2, 0) is 0 Å². The Labute approximate surface area is 129 Å². The number of aromatic carboxylic acids is 1. The maximum Gasteiger partial charge on any atom is 0.339 e. The molecule has 0 unspecified atom stereocenters. The van der Waals surface area contributed by atoms with E-state index in [2.05, 4.69) is 26.2 Å². The van der Waals surface area contributed by atoms with Gasteiger partial charge in [-0.25, -0.2) is 9.78 Å². The molecule has 0 amide bonds. The third kappa shape index (κ3) is 3.11. The Morgan fingerprint density at radius 3 is 2.45 bits per heavy atom. The van der Waals surface area contributed by atoms with Crippen LogP contribution in [0.2, 0.25) is 5.15 Å². The number of carbonyl (C=O) groups is 1. The highest BCUT2D eigenvalue weighted by molar-refractivity contribution is 9.10. The minimum Gasteiger partial charge on any atom is -0.478 e. The number of benzene rings is 1. The van der Waals surface area contributed by atoms with Crippen LogP contribution in [0.15, 0.2) is 28.7 Å². The van der Waals surface area contributed by atoms with Gasteiger partial charge in [0.05, 0.1) is 0 Å². The van der Waals surface area contributed by atoms with Crippen molar-refractivity contribution in [3.8, 4) is 0 Å². The van der Waals surface area contributed by atoms with Crippen molar-refractivity contribution in [2.45, 2.75) is 13.8 Å². The van der Waals surface area contributed by atoms with E-state index < -0.39 is 5.97 Å². The zero-order valence-electron chi connectivity index (χ0n) is 10.9. The third-order valence-electron chi connectivity index (χ3n) is 2.79. The third-order valence-corrected chi connectivity index (χ3v) is 4.25. The number of anilines is 2. The smallest absolute Gasteiger partial charge is 0.339 e. The predicted octanol–water partition coefficient (Wildman–Crippen LogP) is 4.56. The number of aryl methyl sites for hydroxylation is 2. The lowest BCUT2D eigenvalue weighted by Gasteiger charge is -2.12. The van der Waals surface area contributed by atoms with E-state index in [1.807, 2.05) is 26.0 Å². The number of halogens is 2. The van der Waals surface area contributed by atoms with E-state index >= 15 is 0 Å². The Bertz CT molecular complexity index is 666. The van der Waals surface area contributed by atoms with Crippen molar-refractivity contribution in [3.63, 3.8) is 0 Å². The Morgan fingerprint density at radius 2 is 1.90 bits per heavy atom. The highest BCUT2D eigenvalue weighted by atomic mass is 79.9. The average Bonchev–Trinajstić information content (AvgIpc) is 2.35. The first-order chi connectivity index (χ1) is 9.38. The molecule has 0 aliphatic carbocycles. The number of rotatable bonds is 3. The minimum atomic E-state index is -1.05. The Kier molecular flexibility index (Phi) is 4.30. The molecule has 0 bridgehead atoms. The van der Waals surface area contributed by atoms with Crippen LogP contribution >= 0.6 is 27.5 Å². The van der Waals surface area contributed by atoms with E-state index in [1.165, 1.54) is 12.1 Å². The molecule has 104 valence electrons. The summed E-state index contributed by atoms with van der Waals surface area (Å²) in [7, 11) is 0. The summed E-state index contributed by atoms with van der Waals surface area (Å²) in [5, 5.41) is 12.4. The molecule has 1 aromatic carbocycles. The molecule has 1 heterocycles. The molecular weight excluding hydrogens is 344 g/mol. The first kappa shape index (κ1) is 14.8. The minimum absolute atomic E-state index is 0.0765. The largest absolute Gasteiger partial charge is 0.478 e. The molecule has 2 N–H and O–H groups in total. The number of nitrogens with zero attached hydrogens (tertiary/aromatic N) is 1. The van der Waals surface area contributed by atoms with Crippen LogP contribution in [0.4, 0.5) is 11.5 Å². The molecule has 0 fully saturated rings. The van der Waals surface area contributed by atoms with Crippen LogP contribution in [0, 0.1) is 13.8 Å². The number of carboxylic acid groups (broad SMARTS) is 1. The molecule has 0 atom stereocenters. The molecule has 0 aliphatic rings. The molecule has 4 nitrogen and oxygen atoms in total. The van der Waals surface area contributed by atoms with E-state index in [0.717, 1.165) is 21.3 Å². The fourth-order valence-corrected chi connectivity index (χ4v) is 2.23. The van der Waals surface area contributed by atoms with Gasteiger partial charge in [0.2, 0.25) is 0 Å². The van der Waals surface area contributed by atoms with Crippen LogP contribution in [0.25, 0.3) is 0 Å². The van der Waals surface area contributed by atoms with Crippen molar-refractivity contribution in [1.29, 1.82) is 0 Å². The van der Waals surface area contributed by atoms with Gasteiger partial charge in [0.1, 0.15) is 16.5 Å². The van der Waals surface area contributed by atoms with Gasteiger partial charge in [-0.05, 0) is 49.2 Å². The molecule has 0 saturated heterocycles. The van der Waals surface area contributed by atoms with Gasteiger partial charge >= 0.3 is 5.97 Å². The van der Waals surface area contributed by atoms with Crippen molar-refractivity contribution < 1.29 is 9.90 Å². The first-order valence-electron chi connectivity index (χ1n) is 5.82. The summed E-state index contributed by atoms with van der Waals surface area (Å²) in [6.07, 6.45) is 0. The molecule has 20 heavy (non-hydrogen) atoms. The maximum atomic E-state index is 11.2. The maximum absolute atomic E-state index is 11.2. The summed E-state index contributed by atoms with van der Waals surface area (Å²) in [5.41, 5.74) is 2.94. The van der Waals surface area contributed by atoms with Crippen LogP contribution in [0.5, 0.6) is 0 Å². The van der Waals surface area contributed by atoms with Gasteiger partial charge in [-0.15, -0.1) is 0 Å². The van der Waals surface area contributed by atoms with E-state index in [0.29, 0.717) is 0 Å². The lowest BCUT2D eigenvalue weighted by atomic mass is 10.1. The molecule has 0 radical (unpaired) electrons. The number of aromatic nitrogens is 1. The second-order valence-electron chi connectivity index (χ2n) is 4.38. The normalized spacial score (nSPS) is 10.4. The van der Waals surface area contributed by atoms with E-state index in [1.54, 1.807) is 0 Å². The zero-order chi connectivity index (χ0) is 14.9. The SMILES string of the molecule is Cc1cc(Nc2nc(Cl)ccc2C(=O)O)cc(C)c1Br. The quantitative estimate of drug-likeness (QED) is 0.793. The number of nitrogens with one attached hydrogen (secondary N) is 1. The molecule has 0 saturated carbocycles. The summed E-state index contributed by atoms with van der Waals surface area (Å²) in [5.74, 6) is -0.826. The monoisotopic (exact) mass is 354 g/mol. The summed E-state index contributed by atoms with van der Waals surface area (Å²) < 4.78 is 1.03. The van der Waals surface area contributed by atoms with Crippen molar-refractivity contribution in [1.82, 2.24) is 4.98 Å². The molecule has 2 aromatic rings. The number of hydrogen-bond acceptors (Lipinski definition) is 3. The summed E-state index contributed by atoms with van der Waals surface area (Å²) in [6.45, 7) is 3.93. The second kappa shape index (κ2) is 5.81. The van der Waals surface area contributed by atoms with Crippen molar-refractivity contribution >= 4 is 45.0 Å². The van der Waals surface area contributed by atoms with Crippen molar-refractivity contribution in [2.24, 2.45) is 0 Å². The van der Waals surface area contributed by atoms with Crippen LogP contribution in [0.3, 0.4) is 0 Å². The molecule has 0 aliphatic heterocycles. The number of pyridine rings is 1. The van der Waals surface area contributed by atoms with Gasteiger partial charge in [-0.2, -0.15) is 0 Å². The average molecular weight is 356 g/mol. The highest BCUT2D eigenvalue weighted by Gasteiger charge is 2.13. The van der Waals surface area contributed by atoms with Gasteiger partial charge < -0.3 is 10.4 Å². The molecule has 6 heteroatoms. The van der Waals surface area contributed by atoms with Gasteiger partial charge in [-0.1, -0.05) is 27.5 Å². The highest BCUT2D eigenvalue weighted by Crippen LogP contribution is 2.28. The predicted molar refractivity (Wildman–Crippen MR) is 83.1 cm³/mol. The van der Waals surface area contributed by atoms with Crippen LogP contribution in [-0.4, -0.2) is 16.1 Å². The van der Waals surface area contributed by atoms with Crippen molar-refractivity contribution in [2.75, 3.05) is 5.32 Å². The first-order valence-corrected chi connectivity index (χ1v) is 6.99. The molecular formula is C14H12BrClN2O2. The van der Waals surface area contributed by atoms with E-state index in [9.17, 15) is 4.79 Å². The van der Waals surface area contributed by atoms with E-state index in [4.69, 9.17) is 16.7 Å². The van der Waals surface area contributed by atoms with Gasteiger partial charge in [0.15, 0.2) is 0 Å². The summed E-state index contributed by atoms with van der Waals surface area (Å²) in [4.78, 5) is 15.2. The van der Waals surface area contributed by atoms with Crippen LogP contribution < -0.4 is 5.32 Å². The lowest BCUT2D eigenvalue weighted by Crippen LogP contribution is -2.05. The number of hydrogen-bond donors (Lipinski definition) is 2. The van der Waals surface area contributed by atoms with Gasteiger partial charge in [-0.3, -0.25) is 0 Å². The Hall–Kier alpha value is -1.59. The zero-order valence-corrected chi connectivity index (χ0v) is 13.2. The van der Waals surface area contributed by atoms with Gasteiger partial charge in [0.25, 0.3) is 0 Å². The van der Waals surface area contributed by atoms with Crippen LogP contribution in [0.1, 0.15) is 21.5 Å². The Morgan fingerprint density at radius 1 is 1.30 bits per heavy atom. The summed E-state index contributed by atoms with van der Waals surface area (Å²) in [6, 6.07) is 6.70. The molecule has 2 rings (SSSR count). The molecule has 1 aromatic heterocycles. The van der Waals surface area contributed by atoms with Gasteiger partial charge in [0, 0.05) is 10.2 Å². The lowest BCUT2D eigenvalue weighted by molar-refractivity contribution is 0.0697. The Balaban J connectivity index is 2.44. The van der Waals surface area contributed by atoms with Crippen molar-refractivity contribution in [3.05, 3.63) is 50.6 Å². The number of carboxylic acids is 1. The van der Waals surface area contributed by atoms with E-state index in [-0.39, 0.29) is 16.5 Å². The second-order valence-corrected chi connectivity index (χ2v) is 5.56. The fraction of sp³-hybridized carbons (Fsp3) is 0.143. The molecule has 0 spiro atoms. The topological polar surface area (TPSA) is 62.2 Å². The summed E-state index contributed by atoms with van der Waals surface area (Å²) >= 11 is 9.31.